The van der Waals surface area contributed by atoms with Gasteiger partial charge in [0.2, 0.25) is 0 Å². The van der Waals surface area contributed by atoms with E-state index >= 15 is 0 Å². The van der Waals surface area contributed by atoms with E-state index in [2.05, 4.69) is 24.1 Å². The molecule has 3 rings (SSSR count). The summed E-state index contributed by atoms with van der Waals surface area (Å²) in [6, 6.07) is 8.88. The minimum Gasteiger partial charge on any atom is -0.486 e. The molecule has 0 spiro atoms. The predicted molar refractivity (Wildman–Crippen MR) is 91.7 cm³/mol. The monoisotopic (exact) mass is 346 g/mol. The van der Waals surface area contributed by atoms with Gasteiger partial charge in [-0.2, -0.15) is 0 Å². The van der Waals surface area contributed by atoms with E-state index < -0.39 is 0 Å². The lowest BCUT2D eigenvalue weighted by molar-refractivity contribution is 0.0925. The van der Waals surface area contributed by atoms with Crippen molar-refractivity contribution in [3.05, 3.63) is 52.8 Å². The molecular weight excluding hydrogens is 328 g/mol. The largest absolute Gasteiger partial charge is 0.486 e. The first-order chi connectivity index (χ1) is 11.5. The van der Waals surface area contributed by atoms with Gasteiger partial charge in [-0.3, -0.25) is 4.79 Å². The highest BCUT2D eigenvalue weighted by Crippen LogP contribution is 2.34. The molecule has 24 heavy (non-hydrogen) atoms. The molecule has 2 aromatic rings. The van der Waals surface area contributed by atoms with Gasteiger partial charge in [0, 0.05) is 6.20 Å². The maximum absolute atomic E-state index is 12.5. The fraction of sp³-hybridized carbons (Fsp3) is 0.333. The van der Waals surface area contributed by atoms with Gasteiger partial charge in [-0.05, 0) is 35.7 Å². The number of hydrogen-bond donors (Lipinski definition) is 1. The SMILES string of the molecule is CC(C)[C@H](NC(=O)c1ccc(Cl)nc1)c1ccc2c(c1)OCCO2. The Balaban J connectivity index is 1.82. The van der Waals surface area contributed by atoms with Gasteiger partial charge in [0.1, 0.15) is 18.4 Å². The van der Waals surface area contributed by atoms with Gasteiger partial charge >= 0.3 is 0 Å². The Hall–Kier alpha value is -2.27. The van der Waals surface area contributed by atoms with Gasteiger partial charge < -0.3 is 14.8 Å². The average molecular weight is 347 g/mol. The van der Waals surface area contributed by atoms with Gasteiger partial charge in [-0.1, -0.05) is 31.5 Å². The van der Waals surface area contributed by atoms with Gasteiger partial charge in [-0.25, -0.2) is 4.98 Å². The van der Waals surface area contributed by atoms with E-state index in [1.54, 1.807) is 12.1 Å². The van der Waals surface area contributed by atoms with E-state index in [1.807, 2.05) is 18.2 Å². The molecular formula is C18H19ClN2O3. The molecule has 1 atom stereocenters. The first-order valence-electron chi connectivity index (χ1n) is 7.86. The summed E-state index contributed by atoms with van der Waals surface area (Å²) >= 11 is 5.77. The number of nitrogens with zero attached hydrogens (tertiary/aromatic N) is 1. The molecule has 2 heterocycles. The number of nitrogens with one attached hydrogen (secondary N) is 1. The second-order valence-corrected chi connectivity index (χ2v) is 6.36. The smallest absolute Gasteiger partial charge is 0.253 e. The van der Waals surface area contributed by atoms with E-state index in [9.17, 15) is 4.79 Å². The van der Waals surface area contributed by atoms with Crippen molar-refractivity contribution in [2.75, 3.05) is 13.2 Å². The quantitative estimate of drug-likeness (QED) is 0.859. The summed E-state index contributed by atoms with van der Waals surface area (Å²) in [4.78, 5) is 16.4. The summed E-state index contributed by atoms with van der Waals surface area (Å²) in [6.45, 7) is 5.20. The molecule has 0 saturated carbocycles. The number of fused-ring (bicyclic) bond motifs is 1. The number of carbonyl (C=O) groups is 1. The first-order valence-corrected chi connectivity index (χ1v) is 8.24. The highest BCUT2D eigenvalue weighted by atomic mass is 35.5. The maximum atomic E-state index is 12.5. The Kier molecular flexibility index (Phi) is 4.90. The van der Waals surface area contributed by atoms with E-state index in [0.717, 1.165) is 11.3 Å². The number of pyridine rings is 1. The summed E-state index contributed by atoms with van der Waals surface area (Å²) in [7, 11) is 0. The highest BCUT2D eigenvalue weighted by molar-refractivity contribution is 6.29. The Labute approximate surface area is 145 Å². The molecule has 1 N–H and O–H groups in total. The lowest BCUT2D eigenvalue weighted by atomic mass is 9.95. The summed E-state index contributed by atoms with van der Waals surface area (Å²) in [5, 5.41) is 3.42. The third kappa shape index (κ3) is 3.62. The number of carbonyl (C=O) groups excluding carboxylic acids is 1. The van der Waals surface area contributed by atoms with Gasteiger partial charge in [0.25, 0.3) is 5.91 Å². The number of rotatable bonds is 4. The van der Waals surface area contributed by atoms with Gasteiger partial charge in [-0.15, -0.1) is 0 Å². The van der Waals surface area contributed by atoms with Crippen LogP contribution in [0.15, 0.2) is 36.5 Å². The van der Waals surface area contributed by atoms with Crippen LogP contribution in [0.25, 0.3) is 0 Å². The second kappa shape index (κ2) is 7.09. The lowest BCUT2D eigenvalue weighted by Crippen LogP contribution is -2.32. The van der Waals surface area contributed by atoms with Crippen molar-refractivity contribution in [2.45, 2.75) is 19.9 Å². The second-order valence-electron chi connectivity index (χ2n) is 5.97. The average Bonchev–Trinajstić information content (AvgIpc) is 2.59. The van der Waals surface area contributed by atoms with Gasteiger partial charge in [0.05, 0.1) is 11.6 Å². The third-order valence-electron chi connectivity index (χ3n) is 3.87. The normalized spacial score (nSPS) is 14.3. The van der Waals surface area contributed by atoms with Crippen LogP contribution < -0.4 is 14.8 Å². The van der Waals surface area contributed by atoms with Crippen LogP contribution in [0.5, 0.6) is 11.5 Å². The molecule has 0 bridgehead atoms. The maximum Gasteiger partial charge on any atom is 0.253 e. The van der Waals surface area contributed by atoms with E-state index in [4.69, 9.17) is 21.1 Å². The fourth-order valence-corrected chi connectivity index (χ4v) is 2.73. The summed E-state index contributed by atoms with van der Waals surface area (Å²) in [5.41, 5.74) is 1.45. The zero-order chi connectivity index (χ0) is 17.1. The topological polar surface area (TPSA) is 60.5 Å². The minimum absolute atomic E-state index is 0.149. The standard InChI is InChI=1S/C18H19ClN2O3/c1-11(2)17(21-18(22)13-4-6-16(19)20-10-13)12-3-5-14-15(9-12)24-8-7-23-14/h3-6,9-11,17H,7-8H2,1-2H3,(H,21,22)/t17-/m0/s1. The molecule has 0 aliphatic carbocycles. The number of halogens is 1. The molecule has 1 aromatic heterocycles. The third-order valence-corrected chi connectivity index (χ3v) is 4.09. The number of ether oxygens (including phenoxy) is 2. The molecule has 5 nitrogen and oxygen atoms in total. The van der Waals surface area contributed by atoms with Crippen LogP contribution in [0.4, 0.5) is 0 Å². The van der Waals surface area contributed by atoms with Crippen molar-refractivity contribution in [1.82, 2.24) is 10.3 Å². The van der Waals surface area contributed by atoms with Crippen molar-refractivity contribution in [3.8, 4) is 11.5 Å². The Morgan fingerprint density at radius 2 is 1.92 bits per heavy atom. The fourth-order valence-electron chi connectivity index (χ4n) is 2.62. The first kappa shape index (κ1) is 16.6. The molecule has 1 aromatic carbocycles. The van der Waals surface area contributed by atoms with Crippen molar-refractivity contribution < 1.29 is 14.3 Å². The number of amides is 1. The molecule has 1 aliphatic heterocycles. The van der Waals surface area contributed by atoms with Crippen LogP contribution >= 0.6 is 11.6 Å². The van der Waals surface area contributed by atoms with Crippen LogP contribution in [0, 0.1) is 5.92 Å². The molecule has 126 valence electrons. The van der Waals surface area contributed by atoms with Crippen molar-refractivity contribution in [3.63, 3.8) is 0 Å². The molecule has 0 radical (unpaired) electrons. The Morgan fingerprint density at radius 3 is 2.58 bits per heavy atom. The zero-order valence-electron chi connectivity index (χ0n) is 13.6. The molecule has 0 fully saturated rings. The molecule has 6 heteroatoms. The summed E-state index contributed by atoms with van der Waals surface area (Å²) in [6.07, 6.45) is 1.47. The summed E-state index contributed by atoms with van der Waals surface area (Å²) in [5.74, 6) is 1.47. The van der Waals surface area contributed by atoms with Crippen LogP contribution in [-0.2, 0) is 0 Å². The number of benzene rings is 1. The van der Waals surface area contributed by atoms with Crippen LogP contribution in [0.2, 0.25) is 5.15 Å². The van der Waals surface area contributed by atoms with Gasteiger partial charge in [0.15, 0.2) is 11.5 Å². The molecule has 0 saturated heterocycles. The number of hydrogen-bond acceptors (Lipinski definition) is 4. The predicted octanol–water partition coefficient (Wildman–Crippen LogP) is 3.63. The number of aromatic nitrogens is 1. The summed E-state index contributed by atoms with van der Waals surface area (Å²) < 4.78 is 11.2. The van der Waals surface area contributed by atoms with Crippen LogP contribution in [0.1, 0.15) is 35.8 Å². The van der Waals surface area contributed by atoms with Crippen LogP contribution in [0.3, 0.4) is 0 Å². The Bertz CT molecular complexity index is 732. The zero-order valence-corrected chi connectivity index (χ0v) is 14.3. The molecule has 0 unspecified atom stereocenters. The van der Waals surface area contributed by atoms with E-state index in [-0.39, 0.29) is 17.9 Å². The highest BCUT2D eigenvalue weighted by Gasteiger charge is 2.22. The lowest BCUT2D eigenvalue weighted by Gasteiger charge is -2.25. The van der Waals surface area contributed by atoms with Crippen LogP contribution in [-0.4, -0.2) is 24.1 Å². The molecule has 1 amide bonds. The minimum atomic E-state index is -0.187. The van der Waals surface area contributed by atoms with E-state index in [1.165, 1.54) is 6.20 Å². The Morgan fingerprint density at radius 1 is 1.17 bits per heavy atom. The van der Waals surface area contributed by atoms with Crippen molar-refractivity contribution in [1.29, 1.82) is 0 Å². The van der Waals surface area contributed by atoms with E-state index in [0.29, 0.717) is 29.7 Å². The van der Waals surface area contributed by atoms with Crippen molar-refractivity contribution in [2.24, 2.45) is 5.92 Å². The molecule has 1 aliphatic rings. The van der Waals surface area contributed by atoms with Crippen molar-refractivity contribution >= 4 is 17.5 Å².